The number of nitrogens with one attached hydrogen (secondary N) is 3. The molecule has 2 aliphatic rings. The fraction of sp³-hybridized carbons (Fsp3) is 0.486. The van der Waals surface area contributed by atoms with Gasteiger partial charge in [-0.15, -0.1) is 0 Å². The molecule has 0 unspecified atom stereocenters. The number of likely N-dealkylation sites (tertiary alicyclic amines) is 1. The van der Waals surface area contributed by atoms with E-state index in [0.717, 1.165) is 53.3 Å². The number of rotatable bonds is 7. The quantitative estimate of drug-likeness (QED) is 0.163. The lowest BCUT2D eigenvalue weighted by molar-refractivity contribution is -0.139. The molecule has 0 atom stereocenters. The average Bonchev–Trinajstić information content (AvgIpc) is 3.45. The summed E-state index contributed by atoms with van der Waals surface area (Å²) < 4.78 is 49.0. The fourth-order valence-electron chi connectivity index (χ4n) is 6.18. The zero-order valence-corrected chi connectivity index (χ0v) is 28.5. The molecule has 1 saturated heterocycles. The number of amides is 2. The molecule has 2 aromatic heterocycles. The van der Waals surface area contributed by atoms with Crippen molar-refractivity contribution < 1.29 is 22.7 Å². The maximum absolute atomic E-state index is 13.9. The van der Waals surface area contributed by atoms with Crippen LogP contribution in [0.4, 0.5) is 35.4 Å². The molecule has 2 aromatic carbocycles. The molecule has 3 heterocycles. The van der Waals surface area contributed by atoms with Gasteiger partial charge >= 0.3 is 12.2 Å². The predicted molar refractivity (Wildman–Crippen MR) is 187 cm³/mol. The molecule has 6 rings (SSSR count). The molecular formula is C35H46F3N9O2. The van der Waals surface area contributed by atoms with Crippen LogP contribution in [0.1, 0.15) is 63.0 Å². The minimum Gasteiger partial charge on any atom is -0.490 e. The number of piperidine rings is 1. The molecule has 0 radical (unpaired) electrons. The van der Waals surface area contributed by atoms with Crippen molar-refractivity contribution in [3.8, 4) is 17.0 Å². The standard InChI is InChI=1S/C29H33F3N8O2.C6H13N/c1-5-17-12-18(13-19-16-34-27(33-2)37-26(17)19)23-15-25(38-40(23)4)36-28(41)35-20-6-7-24(22(14-20)29(30,31)32)42-21-8-10-39(3)11-9-21;7-6-4-2-1-3-5-6/h6-7,12-16,21H,5,8-11H2,1-4H3,(H,33,34,37)(H2,35,36,38,41);6H,1-5,7H2. The molecule has 0 spiro atoms. The second-order valence-corrected chi connectivity index (χ2v) is 12.7. The number of halogens is 3. The molecule has 2 fully saturated rings. The number of carbonyl (C=O) groups excluding carboxylic acids is 1. The van der Waals surface area contributed by atoms with E-state index in [4.69, 9.17) is 10.5 Å². The molecule has 1 aliphatic carbocycles. The number of aromatic nitrogens is 4. The number of nitrogens with zero attached hydrogens (tertiary/aromatic N) is 5. The lowest BCUT2D eigenvalue weighted by atomic mass is 9.97. The first-order valence-corrected chi connectivity index (χ1v) is 16.8. The largest absolute Gasteiger partial charge is 0.490 e. The van der Waals surface area contributed by atoms with Crippen molar-refractivity contribution in [1.29, 1.82) is 0 Å². The monoisotopic (exact) mass is 681 g/mol. The van der Waals surface area contributed by atoms with E-state index in [2.05, 4.69) is 35.9 Å². The van der Waals surface area contributed by atoms with Crippen LogP contribution < -0.4 is 26.4 Å². The van der Waals surface area contributed by atoms with Gasteiger partial charge in [-0.25, -0.2) is 14.8 Å². The van der Waals surface area contributed by atoms with Crippen molar-refractivity contribution in [1.82, 2.24) is 24.6 Å². The Kier molecular flexibility index (Phi) is 11.6. The summed E-state index contributed by atoms with van der Waals surface area (Å²) in [6, 6.07) is 9.01. The lowest BCUT2D eigenvalue weighted by Gasteiger charge is -2.30. The van der Waals surface area contributed by atoms with Crippen LogP contribution in [-0.2, 0) is 19.6 Å². The summed E-state index contributed by atoms with van der Waals surface area (Å²) in [4.78, 5) is 23.8. The van der Waals surface area contributed by atoms with Gasteiger partial charge in [-0.05, 0) is 75.0 Å². The van der Waals surface area contributed by atoms with Crippen LogP contribution >= 0.6 is 0 Å². The number of anilines is 3. The number of urea groups is 1. The van der Waals surface area contributed by atoms with E-state index >= 15 is 0 Å². The van der Waals surface area contributed by atoms with Gasteiger partial charge in [-0.3, -0.25) is 10.00 Å². The second kappa shape index (κ2) is 15.9. The molecule has 1 saturated carbocycles. The molecule has 49 heavy (non-hydrogen) atoms. The molecule has 0 bridgehead atoms. The van der Waals surface area contributed by atoms with Crippen molar-refractivity contribution in [2.75, 3.05) is 43.1 Å². The van der Waals surface area contributed by atoms with Crippen LogP contribution in [0.5, 0.6) is 5.75 Å². The summed E-state index contributed by atoms with van der Waals surface area (Å²) in [5, 5.41) is 13.3. The Morgan fingerprint density at radius 3 is 2.39 bits per heavy atom. The molecule has 5 N–H and O–H groups in total. The van der Waals surface area contributed by atoms with E-state index < -0.39 is 17.8 Å². The Morgan fingerprint density at radius 1 is 1.02 bits per heavy atom. The number of carbonyl (C=O) groups is 1. The third kappa shape index (κ3) is 9.38. The van der Waals surface area contributed by atoms with Crippen LogP contribution in [0, 0.1) is 0 Å². The summed E-state index contributed by atoms with van der Waals surface area (Å²) in [6.07, 6.45) is 5.50. The lowest BCUT2D eigenvalue weighted by Crippen LogP contribution is -2.36. The normalized spacial score (nSPS) is 16.2. The molecule has 11 nitrogen and oxygen atoms in total. The highest BCUT2D eigenvalue weighted by Crippen LogP contribution is 2.39. The van der Waals surface area contributed by atoms with Gasteiger partial charge in [-0.1, -0.05) is 26.2 Å². The first kappa shape index (κ1) is 35.9. The van der Waals surface area contributed by atoms with E-state index in [-0.39, 0.29) is 23.4 Å². The number of fused-ring (bicyclic) bond motifs is 1. The number of ether oxygens (including phenoxy) is 1. The van der Waals surface area contributed by atoms with Gasteiger partial charge < -0.3 is 26.0 Å². The van der Waals surface area contributed by atoms with Crippen molar-refractivity contribution in [2.45, 2.75) is 76.6 Å². The Hall–Kier alpha value is -4.43. The summed E-state index contributed by atoms with van der Waals surface area (Å²) in [7, 11) is 5.47. The van der Waals surface area contributed by atoms with Crippen molar-refractivity contribution in [3.05, 3.63) is 53.7 Å². The van der Waals surface area contributed by atoms with Gasteiger partial charge in [0.15, 0.2) is 5.82 Å². The van der Waals surface area contributed by atoms with Crippen LogP contribution in [0.25, 0.3) is 22.2 Å². The minimum atomic E-state index is -4.65. The number of hydrogen-bond acceptors (Lipinski definition) is 8. The van der Waals surface area contributed by atoms with Crippen molar-refractivity contribution in [2.24, 2.45) is 12.8 Å². The topological polar surface area (TPSA) is 135 Å². The number of alkyl halides is 3. The maximum Gasteiger partial charge on any atom is 0.420 e. The maximum atomic E-state index is 13.9. The summed E-state index contributed by atoms with van der Waals surface area (Å²) in [5.74, 6) is 0.528. The molecule has 14 heteroatoms. The van der Waals surface area contributed by atoms with E-state index in [0.29, 0.717) is 24.8 Å². The highest BCUT2D eigenvalue weighted by molar-refractivity contribution is 5.99. The van der Waals surface area contributed by atoms with Crippen LogP contribution in [0.15, 0.2) is 42.6 Å². The van der Waals surface area contributed by atoms with Crippen LogP contribution in [0.2, 0.25) is 0 Å². The first-order chi connectivity index (χ1) is 23.4. The third-order valence-corrected chi connectivity index (χ3v) is 8.94. The van der Waals surface area contributed by atoms with Crippen molar-refractivity contribution in [3.63, 3.8) is 0 Å². The van der Waals surface area contributed by atoms with Gasteiger partial charge in [0.2, 0.25) is 5.95 Å². The van der Waals surface area contributed by atoms with E-state index in [1.807, 2.05) is 26.1 Å². The van der Waals surface area contributed by atoms with E-state index in [1.54, 1.807) is 31.0 Å². The average molecular weight is 682 g/mol. The highest BCUT2D eigenvalue weighted by atomic mass is 19.4. The highest BCUT2D eigenvalue weighted by Gasteiger charge is 2.36. The molecule has 4 aromatic rings. The van der Waals surface area contributed by atoms with Crippen LogP contribution in [-0.4, -0.2) is 70.0 Å². The summed E-state index contributed by atoms with van der Waals surface area (Å²) >= 11 is 0. The number of aryl methyl sites for hydroxylation is 2. The minimum absolute atomic E-state index is 0.0187. The fourth-order valence-corrected chi connectivity index (χ4v) is 6.18. The molecular weight excluding hydrogens is 635 g/mol. The zero-order valence-electron chi connectivity index (χ0n) is 28.5. The molecule has 2 amide bonds. The number of nitrogens with two attached hydrogens (primary N) is 1. The number of hydrogen-bond donors (Lipinski definition) is 4. The zero-order chi connectivity index (χ0) is 35.1. The smallest absolute Gasteiger partial charge is 0.420 e. The van der Waals surface area contributed by atoms with Crippen LogP contribution in [0.3, 0.4) is 0 Å². The second-order valence-electron chi connectivity index (χ2n) is 12.7. The van der Waals surface area contributed by atoms with Gasteiger partial charge in [0.1, 0.15) is 11.9 Å². The third-order valence-electron chi connectivity index (χ3n) is 8.94. The first-order valence-electron chi connectivity index (χ1n) is 16.8. The molecule has 264 valence electrons. The SMILES string of the molecule is CCc1cc(-c2cc(NC(=O)Nc3ccc(OC4CCN(C)CC4)c(C(F)(F)F)c3)nn2C)cc2cnc(NC)nc12.NC1CCCCC1. The van der Waals surface area contributed by atoms with Gasteiger partial charge in [0.25, 0.3) is 0 Å². The van der Waals surface area contributed by atoms with Gasteiger partial charge in [-0.2, -0.15) is 18.3 Å². The Labute approximate surface area is 284 Å². The van der Waals surface area contributed by atoms with E-state index in [1.165, 1.54) is 44.2 Å². The summed E-state index contributed by atoms with van der Waals surface area (Å²) in [5.41, 5.74) is 8.14. The number of benzene rings is 2. The predicted octanol–water partition coefficient (Wildman–Crippen LogP) is 7.05. The molecule has 1 aliphatic heterocycles. The van der Waals surface area contributed by atoms with E-state index in [9.17, 15) is 18.0 Å². The Bertz CT molecular complexity index is 1730. The van der Waals surface area contributed by atoms with Gasteiger partial charge in [0, 0.05) is 62.1 Å². The summed E-state index contributed by atoms with van der Waals surface area (Å²) in [6.45, 7) is 3.55. The Balaban J connectivity index is 0.000000595. The van der Waals surface area contributed by atoms with Gasteiger partial charge in [0.05, 0.1) is 16.8 Å². The van der Waals surface area contributed by atoms with Crippen molar-refractivity contribution >= 4 is 34.4 Å². The Morgan fingerprint density at radius 2 is 1.76 bits per heavy atom.